The van der Waals surface area contributed by atoms with Crippen molar-refractivity contribution in [2.75, 3.05) is 17.6 Å². The molecule has 0 amide bonds. The molecule has 0 aliphatic heterocycles. The first-order chi connectivity index (χ1) is 10.1. The van der Waals surface area contributed by atoms with Gasteiger partial charge in [0.1, 0.15) is 22.5 Å². The minimum absolute atomic E-state index is 0.199. The Balaban J connectivity index is 1.91. The Labute approximate surface area is 125 Å². The van der Waals surface area contributed by atoms with Crippen LogP contribution >= 0.6 is 11.8 Å². The van der Waals surface area contributed by atoms with Crippen LogP contribution < -0.4 is 16.6 Å². The highest BCUT2D eigenvalue weighted by Crippen LogP contribution is 2.39. The summed E-state index contributed by atoms with van der Waals surface area (Å²) in [6.45, 7) is 2.81. The first-order valence-corrected chi connectivity index (χ1v) is 7.63. The SMILES string of the molecule is CCNc1cc(Sc2nc(N)cc(=O)[nH]2)nc(C2CC2)n1. The zero-order chi connectivity index (χ0) is 14.8. The molecule has 0 bridgehead atoms. The average Bonchev–Trinajstić information content (AvgIpc) is 3.21. The monoisotopic (exact) mass is 304 g/mol. The molecular formula is C13H16N6OS. The lowest BCUT2D eigenvalue weighted by atomic mass is 10.4. The van der Waals surface area contributed by atoms with Gasteiger partial charge in [-0.05, 0) is 31.5 Å². The number of anilines is 2. The summed E-state index contributed by atoms with van der Waals surface area (Å²) in [6.07, 6.45) is 2.26. The van der Waals surface area contributed by atoms with Crippen LogP contribution in [0.5, 0.6) is 0 Å². The van der Waals surface area contributed by atoms with Crippen molar-refractivity contribution in [3.05, 3.63) is 28.3 Å². The molecule has 21 heavy (non-hydrogen) atoms. The second-order valence-corrected chi connectivity index (χ2v) is 5.84. The van der Waals surface area contributed by atoms with E-state index in [0.29, 0.717) is 11.1 Å². The summed E-state index contributed by atoms with van der Waals surface area (Å²) < 4.78 is 0. The lowest BCUT2D eigenvalue weighted by molar-refractivity contribution is 0.870. The molecule has 2 aromatic rings. The molecule has 0 aromatic carbocycles. The summed E-state index contributed by atoms with van der Waals surface area (Å²) >= 11 is 1.28. The van der Waals surface area contributed by atoms with Crippen LogP contribution in [0.2, 0.25) is 0 Å². The van der Waals surface area contributed by atoms with Crippen LogP contribution in [0.1, 0.15) is 31.5 Å². The van der Waals surface area contributed by atoms with E-state index in [1.165, 1.54) is 17.8 Å². The highest BCUT2D eigenvalue weighted by molar-refractivity contribution is 7.99. The van der Waals surface area contributed by atoms with Crippen molar-refractivity contribution in [3.63, 3.8) is 0 Å². The van der Waals surface area contributed by atoms with E-state index in [1.807, 2.05) is 13.0 Å². The fourth-order valence-electron chi connectivity index (χ4n) is 1.89. The van der Waals surface area contributed by atoms with Crippen molar-refractivity contribution < 1.29 is 0 Å². The Morgan fingerprint density at radius 3 is 2.86 bits per heavy atom. The van der Waals surface area contributed by atoms with Crippen LogP contribution in [0.3, 0.4) is 0 Å². The Bertz CT molecular complexity index is 712. The van der Waals surface area contributed by atoms with Crippen molar-refractivity contribution in [3.8, 4) is 0 Å². The number of nitrogens with zero attached hydrogens (tertiary/aromatic N) is 3. The molecule has 0 unspecified atom stereocenters. The van der Waals surface area contributed by atoms with E-state index in [4.69, 9.17) is 5.73 Å². The molecule has 110 valence electrons. The topological polar surface area (TPSA) is 110 Å². The number of hydrogen-bond donors (Lipinski definition) is 3. The number of aromatic amines is 1. The van der Waals surface area contributed by atoms with Crippen LogP contribution in [-0.4, -0.2) is 26.5 Å². The van der Waals surface area contributed by atoms with Gasteiger partial charge in [-0.2, -0.15) is 0 Å². The first-order valence-electron chi connectivity index (χ1n) is 6.81. The third-order valence-corrected chi connectivity index (χ3v) is 3.77. The van der Waals surface area contributed by atoms with E-state index in [2.05, 4.69) is 25.3 Å². The van der Waals surface area contributed by atoms with Gasteiger partial charge in [-0.15, -0.1) is 0 Å². The van der Waals surface area contributed by atoms with Gasteiger partial charge in [0.25, 0.3) is 5.56 Å². The van der Waals surface area contributed by atoms with Gasteiger partial charge < -0.3 is 16.0 Å². The van der Waals surface area contributed by atoms with Crippen LogP contribution in [0, 0.1) is 0 Å². The third kappa shape index (κ3) is 3.52. The van der Waals surface area contributed by atoms with E-state index < -0.39 is 0 Å². The fourth-order valence-corrected chi connectivity index (χ4v) is 2.70. The first kappa shape index (κ1) is 13.9. The molecule has 1 aliphatic rings. The predicted molar refractivity (Wildman–Crippen MR) is 81.6 cm³/mol. The Morgan fingerprint density at radius 1 is 1.38 bits per heavy atom. The molecule has 8 heteroatoms. The van der Waals surface area contributed by atoms with E-state index in [0.717, 1.165) is 36.1 Å². The Kier molecular flexibility index (Phi) is 3.78. The van der Waals surface area contributed by atoms with Gasteiger partial charge in [0.2, 0.25) is 0 Å². The van der Waals surface area contributed by atoms with Gasteiger partial charge in [-0.1, -0.05) is 0 Å². The predicted octanol–water partition coefficient (Wildman–Crippen LogP) is 1.60. The van der Waals surface area contributed by atoms with E-state index in [-0.39, 0.29) is 11.4 Å². The van der Waals surface area contributed by atoms with Crippen molar-refractivity contribution in [2.45, 2.75) is 35.9 Å². The summed E-state index contributed by atoms with van der Waals surface area (Å²) in [7, 11) is 0. The standard InChI is InChI=1S/C13H16N6OS/c1-2-15-9-6-11(19-12(17-9)7-3-4-7)21-13-16-8(14)5-10(20)18-13/h5-7H,2-4H2,1H3,(H,15,17,19)(H3,14,16,18,20). The summed E-state index contributed by atoms with van der Waals surface area (Å²) in [5, 5.41) is 4.38. The molecule has 1 fully saturated rings. The van der Waals surface area contributed by atoms with Crippen molar-refractivity contribution in [1.29, 1.82) is 0 Å². The summed E-state index contributed by atoms with van der Waals surface area (Å²) in [4.78, 5) is 27.2. The molecule has 7 nitrogen and oxygen atoms in total. The third-order valence-electron chi connectivity index (χ3n) is 2.96. The molecule has 0 atom stereocenters. The minimum atomic E-state index is -0.270. The maximum Gasteiger partial charge on any atom is 0.253 e. The zero-order valence-electron chi connectivity index (χ0n) is 11.6. The van der Waals surface area contributed by atoms with Crippen LogP contribution in [0.15, 0.2) is 27.1 Å². The molecule has 1 aliphatic carbocycles. The highest BCUT2D eigenvalue weighted by atomic mass is 32.2. The van der Waals surface area contributed by atoms with E-state index >= 15 is 0 Å². The maximum absolute atomic E-state index is 11.4. The second kappa shape index (κ2) is 5.72. The number of rotatable bonds is 5. The highest BCUT2D eigenvalue weighted by Gasteiger charge is 2.27. The molecule has 0 spiro atoms. The minimum Gasteiger partial charge on any atom is -0.383 e. The number of nitrogens with one attached hydrogen (secondary N) is 2. The maximum atomic E-state index is 11.4. The smallest absolute Gasteiger partial charge is 0.253 e. The van der Waals surface area contributed by atoms with Crippen molar-refractivity contribution in [1.82, 2.24) is 19.9 Å². The van der Waals surface area contributed by atoms with Gasteiger partial charge >= 0.3 is 0 Å². The van der Waals surface area contributed by atoms with Crippen LogP contribution in [0.25, 0.3) is 0 Å². The lowest BCUT2D eigenvalue weighted by Gasteiger charge is -2.08. The average molecular weight is 304 g/mol. The molecule has 4 N–H and O–H groups in total. The number of hydrogen-bond acceptors (Lipinski definition) is 7. The quantitative estimate of drug-likeness (QED) is 0.568. The normalized spacial score (nSPS) is 14.1. The van der Waals surface area contributed by atoms with Gasteiger partial charge in [0.05, 0.1) is 0 Å². The van der Waals surface area contributed by atoms with Gasteiger partial charge in [-0.3, -0.25) is 4.79 Å². The van der Waals surface area contributed by atoms with Gasteiger partial charge in [-0.25, -0.2) is 15.0 Å². The summed E-state index contributed by atoms with van der Waals surface area (Å²) in [6, 6.07) is 3.10. The largest absolute Gasteiger partial charge is 0.383 e. The van der Waals surface area contributed by atoms with Crippen LogP contribution in [-0.2, 0) is 0 Å². The lowest BCUT2D eigenvalue weighted by Crippen LogP contribution is -2.09. The number of nitrogen functional groups attached to an aromatic ring is 1. The zero-order valence-corrected chi connectivity index (χ0v) is 12.4. The summed E-state index contributed by atoms with van der Waals surface area (Å²) in [5.41, 5.74) is 5.32. The molecular weight excluding hydrogens is 288 g/mol. The molecule has 0 radical (unpaired) electrons. The van der Waals surface area contributed by atoms with Crippen molar-refractivity contribution in [2.24, 2.45) is 0 Å². The van der Waals surface area contributed by atoms with Crippen molar-refractivity contribution >= 4 is 23.4 Å². The molecule has 1 saturated carbocycles. The fraction of sp³-hybridized carbons (Fsp3) is 0.385. The number of H-pyrrole nitrogens is 1. The number of aromatic nitrogens is 4. The summed E-state index contributed by atoms with van der Waals surface area (Å²) in [5.74, 6) is 2.30. The number of nitrogens with two attached hydrogens (primary N) is 1. The van der Waals surface area contributed by atoms with Gasteiger partial charge in [0.15, 0.2) is 5.16 Å². The molecule has 2 heterocycles. The Hall–Kier alpha value is -2.09. The van der Waals surface area contributed by atoms with Gasteiger partial charge in [0, 0.05) is 24.6 Å². The molecule has 2 aromatic heterocycles. The van der Waals surface area contributed by atoms with E-state index in [1.54, 1.807) is 0 Å². The molecule has 3 rings (SSSR count). The van der Waals surface area contributed by atoms with E-state index in [9.17, 15) is 4.79 Å². The van der Waals surface area contributed by atoms with Crippen LogP contribution in [0.4, 0.5) is 11.6 Å². The Morgan fingerprint density at radius 2 is 2.19 bits per heavy atom. The molecule has 0 saturated heterocycles. The second-order valence-electron chi connectivity index (χ2n) is 4.83.